The summed E-state index contributed by atoms with van der Waals surface area (Å²) in [5.41, 5.74) is 2.68. The molecule has 0 spiro atoms. The molecule has 1 saturated heterocycles. The van der Waals surface area contributed by atoms with E-state index in [4.69, 9.17) is 4.74 Å². The van der Waals surface area contributed by atoms with E-state index in [2.05, 4.69) is 20.2 Å². The van der Waals surface area contributed by atoms with E-state index in [1.165, 1.54) is 6.07 Å². The van der Waals surface area contributed by atoms with E-state index < -0.39 is 11.4 Å². The maximum Gasteiger partial charge on any atom is 0.410 e. The van der Waals surface area contributed by atoms with Gasteiger partial charge in [0.15, 0.2) is 11.5 Å². The summed E-state index contributed by atoms with van der Waals surface area (Å²) in [5.74, 6) is 0.0850. The van der Waals surface area contributed by atoms with Crippen molar-refractivity contribution in [2.45, 2.75) is 65.6 Å². The summed E-state index contributed by atoms with van der Waals surface area (Å²) >= 11 is 0. The van der Waals surface area contributed by atoms with Crippen LogP contribution in [0.5, 0.6) is 0 Å². The number of hydrogen-bond donors (Lipinski definition) is 1. The van der Waals surface area contributed by atoms with Gasteiger partial charge in [0.25, 0.3) is 0 Å². The van der Waals surface area contributed by atoms with Crippen molar-refractivity contribution in [3.8, 4) is 0 Å². The molecule has 0 unspecified atom stereocenters. The number of nitrogens with one attached hydrogen (secondary N) is 1. The van der Waals surface area contributed by atoms with Gasteiger partial charge in [-0.25, -0.2) is 23.9 Å². The zero-order chi connectivity index (χ0) is 27.4. The molecule has 10 nitrogen and oxygen atoms in total. The Labute approximate surface area is 221 Å². The Hall–Kier alpha value is -3.89. The predicted molar refractivity (Wildman–Crippen MR) is 143 cm³/mol. The molecule has 0 aromatic carbocycles. The third-order valence-electron chi connectivity index (χ3n) is 6.84. The van der Waals surface area contributed by atoms with Gasteiger partial charge in [0.05, 0.1) is 23.5 Å². The number of ether oxygens (including phenoxy) is 1. The van der Waals surface area contributed by atoms with E-state index in [-0.39, 0.29) is 29.9 Å². The number of pyridine rings is 2. The Morgan fingerprint density at radius 3 is 2.55 bits per heavy atom. The van der Waals surface area contributed by atoms with Crippen molar-refractivity contribution >= 4 is 35.0 Å². The highest BCUT2D eigenvalue weighted by Gasteiger charge is 2.37. The molecule has 0 saturated carbocycles. The second kappa shape index (κ2) is 9.45. The number of halogens is 1. The molecule has 5 rings (SSSR count). The van der Waals surface area contributed by atoms with Crippen molar-refractivity contribution in [3.63, 3.8) is 0 Å². The Balaban J connectivity index is 1.33. The first kappa shape index (κ1) is 25.7. The molecule has 2 aliphatic rings. The number of imidazole rings is 1. The van der Waals surface area contributed by atoms with Crippen LogP contribution in [0.4, 0.5) is 31.2 Å². The Kier molecular flexibility index (Phi) is 6.40. The zero-order valence-electron chi connectivity index (χ0n) is 22.7. The van der Waals surface area contributed by atoms with Crippen LogP contribution in [-0.4, -0.2) is 68.7 Å². The van der Waals surface area contributed by atoms with Gasteiger partial charge in [-0.15, -0.1) is 0 Å². The van der Waals surface area contributed by atoms with Gasteiger partial charge in [-0.05, 0) is 54.0 Å². The minimum atomic E-state index is -0.557. The maximum absolute atomic E-state index is 14.5. The SMILES string of the molecule is Cc1cn2cc(NC(=O)N3CCc4c(N5C[C@@H](C)N(C(=O)OC(C)(C)C)[C@@H](C)C5)ccnc43)cc(F)c2n1. The van der Waals surface area contributed by atoms with Crippen LogP contribution >= 0.6 is 0 Å². The van der Waals surface area contributed by atoms with Gasteiger partial charge in [0, 0.05) is 55.5 Å². The van der Waals surface area contributed by atoms with Crippen LogP contribution in [0.2, 0.25) is 0 Å². The minimum absolute atomic E-state index is 0.0603. The third-order valence-corrected chi connectivity index (χ3v) is 6.84. The van der Waals surface area contributed by atoms with Crippen LogP contribution in [-0.2, 0) is 11.2 Å². The molecule has 3 aromatic rings. The van der Waals surface area contributed by atoms with E-state index in [1.807, 2.05) is 40.7 Å². The summed E-state index contributed by atoms with van der Waals surface area (Å²) < 4.78 is 21.7. The second-order valence-corrected chi connectivity index (χ2v) is 11.1. The van der Waals surface area contributed by atoms with Gasteiger partial charge in [-0.3, -0.25) is 9.80 Å². The highest BCUT2D eigenvalue weighted by atomic mass is 19.1. The first-order valence-electron chi connectivity index (χ1n) is 12.9. The topological polar surface area (TPSA) is 95.3 Å². The smallest absolute Gasteiger partial charge is 0.410 e. The number of fused-ring (bicyclic) bond motifs is 2. The summed E-state index contributed by atoms with van der Waals surface area (Å²) in [4.78, 5) is 40.4. The number of amides is 3. The van der Waals surface area contributed by atoms with E-state index in [0.717, 1.165) is 11.3 Å². The molecule has 0 radical (unpaired) electrons. The van der Waals surface area contributed by atoms with Crippen LogP contribution in [0.3, 0.4) is 0 Å². The van der Waals surface area contributed by atoms with Crippen molar-refractivity contribution in [1.82, 2.24) is 19.3 Å². The number of rotatable bonds is 2. The van der Waals surface area contributed by atoms with E-state index in [1.54, 1.807) is 39.7 Å². The Morgan fingerprint density at radius 1 is 1.16 bits per heavy atom. The molecule has 0 bridgehead atoms. The number of nitrogens with zero attached hydrogens (tertiary/aromatic N) is 6. The van der Waals surface area contributed by atoms with Crippen molar-refractivity contribution in [3.05, 3.63) is 47.8 Å². The van der Waals surface area contributed by atoms with Crippen molar-refractivity contribution in [2.75, 3.05) is 34.8 Å². The molecule has 2 aliphatic heterocycles. The third kappa shape index (κ3) is 4.84. The maximum atomic E-state index is 14.5. The molecule has 3 aromatic heterocycles. The number of hydrogen-bond acceptors (Lipinski definition) is 6. The molecule has 38 heavy (non-hydrogen) atoms. The quantitative estimate of drug-likeness (QED) is 0.527. The molecule has 202 valence electrons. The fourth-order valence-electron chi connectivity index (χ4n) is 5.40. The van der Waals surface area contributed by atoms with Crippen LogP contribution in [0.1, 0.15) is 45.9 Å². The molecule has 1 N–H and O–H groups in total. The summed E-state index contributed by atoms with van der Waals surface area (Å²) in [7, 11) is 0. The second-order valence-electron chi connectivity index (χ2n) is 11.1. The number of urea groups is 1. The molecule has 2 atom stereocenters. The lowest BCUT2D eigenvalue weighted by Crippen LogP contribution is -2.59. The largest absolute Gasteiger partial charge is 0.444 e. The first-order valence-corrected chi connectivity index (χ1v) is 12.9. The predicted octanol–water partition coefficient (Wildman–Crippen LogP) is 4.61. The van der Waals surface area contributed by atoms with Crippen LogP contribution in [0.15, 0.2) is 30.7 Å². The Morgan fingerprint density at radius 2 is 1.87 bits per heavy atom. The molecule has 5 heterocycles. The normalized spacial score (nSPS) is 19.6. The number of carbonyl (C=O) groups excluding carboxylic acids is 2. The number of carbonyl (C=O) groups is 2. The van der Waals surface area contributed by atoms with Gasteiger partial charge in [-0.1, -0.05) is 0 Å². The van der Waals surface area contributed by atoms with Crippen LogP contribution in [0.25, 0.3) is 5.65 Å². The van der Waals surface area contributed by atoms with Crippen LogP contribution in [0, 0.1) is 12.7 Å². The molecular weight excluding hydrogens is 489 g/mol. The number of aromatic nitrogens is 3. The van der Waals surface area contributed by atoms with Gasteiger partial charge in [-0.2, -0.15) is 0 Å². The van der Waals surface area contributed by atoms with E-state index >= 15 is 0 Å². The highest BCUT2D eigenvalue weighted by Crippen LogP contribution is 2.36. The van der Waals surface area contributed by atoms with Gasteiger partial charge >= 0.3 is 12.1 Å². The van der Waals surface area contributed by atoms with Crippen molar-refractivity contribution < 1.29 is 18.7 Å². The summed E-state index contributed by atoms with van der Waals surface area (Å²) in [6, 6.07) is 2.74. The molecule has 1 fully saturated rings. The number of aryl methyl sites for hydroxylation is 1. The fourth-order valence-corrected chi connectivity index (χ4v) is 5.40. The lowest BCUT2D eigenvalue weighted by atomic mass is 10.1. The monoisotopic (exact) mass is 523 g/mol. The number of anilines is 3. The minimum Gasteiger partial charge on any atom is -0.444 e. The standard InChI is InChI=1S/C27H34FN7O3/c1-16-12-33-15-19(11-21(28)24(33)30-16)31-25(36)34-10-8-20-22(7-9-29-23(20)34)32-13-17(2)35(18(3)14-32)26(37)38-27(4,5)6/h7,9,11-12,15,17-18H,8,10,13-14H2,1-6H3,(H,31,36)/t17-,18+. The van der Waals surface area contributed by atoms with Crippen molar-refractivity contribution in [1.29, 1.82) is 0 Å². The fraction of sp³-hybridized carbons (Fsp3) is 0.481. The summed E-state index contributed by atoms with van der Waals surface area (Å²) in [5, 5.41) is 2.80. The van der Waals surface area contributed by atoms with Crippen LogP contribution < -0.4 is 15.1 Å². The van der Waals surface area contributed by atoms with E-state index in [0.29, 0.717) is 43.3 Å². The molecule has 0 aliphatic carbocycles. The number of piperazine rings is 1. The van der Waals surface area contributed by atoms with E-state index in [9.17, 15) is 14.0 Å². The Bertz CT molecular complexity index is 1390. The van der Waals surface area contributed by atoms with Crippen molar-refractivity contribution in [2.24, 2.45) is 0 Å². The first-order chi connectivity index (χ1) is 17.9. The summed E-state index contributed by atoms with van der Waals surface area (Å²) in [6.45, 7) is 13.2. The van der Waals surface area contributed by atoms with Gasteiger partial charge in [0.1, 0.15) is 11.4 Å². The lowest BCUT2D eigenvalue weighted by Gasteiger charge is -2.45. The zero-order valence-corrected chi connectivity index (χ0v) is 22.7. The summed E-state index contributed by atoms with van der Waals surface area (Å²) in [6.07, 6.45) is 5.40. The van der Waals surface area contributed by atoms with Gasteiger partial charge in [0.2, 0.25) is 0 Å². The lowest BCUT2D eigenvalue weighted by molar-refractivity contribution is 0.00565. The highest BCUT2D eigenvalue weighted by molar-refractivity contribution is 6.03. The average Bonchev–Trinajstić information content (AvgIpc) is 3.40. The molecular formula is C27H34FN7O3. The van der Waals surface area contributed by atoms with Gasteiger partial charge < -0.3 is 19.4 Å². The molecule has 3 amide bonds. The molecule has 11 heteroatoms. The average molecular weight is 524 g/mol.